The fourth-order valence-corrected chi connectivity index (χ4v) is 4.44. The highest BCUT2D eigenvalue weighted by Crippen LogP contribution is 2.19. The average molecular weight is 497 g/mol. The van der Waals surface area contributed by atoms with Crippen LogP contribution >= 0.6 is 11.6 Å². The Hall–Kier alpha value is -2.86. The summed E-state index contributed by atoms with van der Waals surface area (Å²) in [4.78, 5) is 32.4. The number of aromatic nitrogens is 2. The molecule has 3 rings (SSSR count). The summed E-state index contributed by atoms with van der Waals surface area (Å²) in [6.07, 6.45) is 1.66. The molecule has 0 atom stereocenters. The van der Waals surface area contributed by atoms with E-state index >= 15 is 0 Å². The molecule has 0 fully saturated rings. The minimum atomic E-state index is -0.0557. The highest BCUT2D eigenvalue weighted by atomic mass is 35.5. The molecule has 3 aromatic rings. The van der Waals surface area contributed by atoms with E-state index in [2.05, 4.69) is 33.0 Å². The Bertz CT molecular complexity index is 1130. The number of halogens is 1. The number of nitrogens with one attached hydrogen (secondary N) is 1. The van der Waals surface area contributed by atoms with Crippen LogP contribution in [0.4, 0.5) is 0 Å². The monoisotopic (exact) mass is 496 g/mol. The summed E-state index contributed by atoms with van der Waals surface area (Å²) in [6, 6.07) is 15.3. The Morgan fingerprint density at radius 3 is 2.34 bits per heavy atom. The summed E-state index contributed by atoms with van der Waals surface area (Å²) in [7, 11) is 0. The first-order chi connectivity index (χ1) is 16.7. The van der Waals surface area contributed by atoms with Gasteiger partial charge in [-0.3, -0.25) is 9.59 Å². The van der Waals surface area contributed by atoms with Crippen LogP contribution in [-0.2, 0) is 29.0 Å². The molecule has 0 saturated carbocycles. The van der Waals surface area contributed by atoms with Gasteiger partial charge >= 0.3 is 0 Å². The van der Waals surface area contributed by atoms with E-state index in [1.165, 1.54) is 0 Å². The molecule has 0 bridgehead atoms. The first-order valence-corrected chi connectivity index (χ1v) is 12.8. The molecule has 6 nitrogen and oxygen atoms in total. The predicted octanol–water partition coefficient (Wildman–Crippen LogP) is 5.12. The van der Waals surface area contributed by atoms with Gasteiger partial charge in [0.1, 0.15) is 12.4 Å². The van der Waals surface area contributed by atoms with Gasteiger partial charge in [0.2, 0.25) is 11.8 Å². The fraction of sp³-hybridized carbons (Fsp3) is 0.464. The van der Waals surface area contributed by atoms with Crippen LogP contribution in [0.3, 0.4) is 0 Å². The van der Waals surface area contributed by atoms with Gasteiger partial charge in [-0.05, 0) is 42.0 Å². The van der Waals surface area contributed by atoms with Crippen LogP contribution in [0, 0.1) is 11.8 Å². The van der Waals surface area contributed by atoms with Crippen molar-refractivity contribution in [2.45, 2.75) is 53.5 Å². The van der Waals surface area contributed by atoms with Crippen molar-refractivity contribution >= 4 is 34.4 Å². The Kier molecular flexibility index (Phi) is 9.73. The van der Waals surface area contributed by atoms with Crippen LogP contribution in [0.5, 0.6) is 0 Å². The predicted molar refractivity (Wildman–Crippen MR) is 142 cm³/mol. The molecule has 2 aromatic carbocycles. The molecule has 0 aliphatic carbocycles. The maximum absolute atomic E-state index is 13.3. The number of imidazole rings is 1. The van der Waals surface area contributed by atoms with Gasteiger partial charge in [-0.1, -0.05) is 69.6 Å². The number of carbonyl (C=O) groups excluding carboxylic acids is 2. The SMILES string of the molecule is CC(C)CN(CC(C)C)C(=O)Cn1c(CCCNC(=O)Cc2ccccc2Cl)nc2ccccc21. The minimum absolute atomic E-state index is 0.0557. The number of hydrogen-bond acceptors (Lipinski definition) is 3. The Labute approximate surface area is 213 Å². The second kappa shape index (κ2) is 12.7. The number of carbonyl (C=O) groups is 2. The van der Waals surface area contributed by atoms with Gasteiger partial charge in [-0.2, -0.15) is 0 Å². The molecule has 1 N–H and O–H groups in total. The molecule has 35 heavy (non-hydrogen) atoms. The van der Waals surface area contributed by atoms with Crippen LogP contribution in [0.15, 0.2) is 48.5 Å². The zero-order valence-corrected chi connectivity index (χ0v) is 22.0. The number of amides is 2. The van der Waals surface area contributed by atoms with E-state index in [1.807, 2.05) is 51.9 Å². The van der Waals surface area contributed by atoms with Crippen LogP contribution in [0.1, 0.15) is 45.5 Å². The zero-order valence-electron chi connectivity index (χ0n) is 21.3. The average Bonchev–Trinajstić information content (AvgIpc) is 3.14. The normalized spacial score (nSPS) is 11.4. The first-order valence-electron chi connectivity index (χ1n) is 12.5. The molecule has 1 heterocycles. The van der Waals surface area contributed by atoms with E-state index in [0.29, 0.717) is 29.8 Å². The van der Waals surface area contributed by atoms with Crippen molar-refractivity contribution in [3.63, 3.8) is 0 Å². The molecule has 188 valence electrons. The first kappa shape index (κ1) is 26.7. The maximum atomic E-state index is 13.3. The van der Waals surface area contributed by atoms with Gasteiger partial charge in [0.25, 0.3) is 0 Å². The van der Waals surface area contributed by atoms with E-state index in [4.69, 9.17) is 16.6 Å². The van der Waals surface area contributed by atoms with Gasteiger partial charge in [0.15, 0.2) is 0 Å². The number of fused-ring (bicyclic) bond motifs is 1. The summed E-state index contributed by atoms with van der Waals surface area (Å²) in [5, 5.41) is 3.58. The van der Waals surface area contributed by atoms with Gasteiger partial charge in [-0.25, -0.2) is 4.98 Å². The third-order valence-corrected chi connectivity index (χ3v) is 6.13. The van der Waals surface area contributed by atoms with Crippen molar-refractivity contribution < 1.29 is 9.59 Å². The molecule has 0 spiro atoms. The summed E-state index contributed by atoms with van der Waals surface area (Å²) < 4.78 is 2.04. The number of para-hydroxylation sites is 2. The summed E-state index contributed by atoms with van der Waals surface area (Å²) in [6.45, 7) is 10.9. The highest BCUT2D eigenvalue weighted by molar-refractivity contribution is 6.31. The molecule has 1 aromatic heterocycles. The van der Waals surface area contributed by atoms with Crippen molar-refractivity contribution in [1.82, 2.24) is 19.8 Å². The lowest BCUT2D eigenvalue weighted by Gasteiger charge is -2.27. The van der Waals surface area contributed by atoms with Gasteiger partial charge in [-0.15, -0.1) is 0 Å². The lowest BCUT2D eigenvalue weighted by atomic mass is 10.1. The topological polar surface area (TPSA) is 67.2 Å². The number of nitrogens with zero attached hydrogens (tertiary/aromatic N) is 3. The molecule has 0 aliphatic rings. The van der Waals surface area contributed by atoms with Gasteiger partial charge in [0.05, 0.1) is 17.5 Å². The molecule has 0 saturated heterocycles. The van der Waals surface area contributed by atoms with E-state index in [0.717, 1.165) is 41.9 Å². The van der Waals surface area contributed by atoms with E-state index in [1.54, 1.807) is 6.07 Å². The van der Waals surface area contributed by atoms with Gasteiger partial charge < -0.3 is 14.8 Å². The molecular formula is C28H37ClN4O2. The summed E-state index contributed by atoms with van der Waals surface area (Å²) in [5.74, 6) is 1.75. The zero-order chi connectivity index (χ0) is 25.4. The van der Waals surface area contributed by atoms with E-state index in [9.17, 15) is 9.59 Å². The minimum Gasteiger partial charge on any atom is -0.356 e. The molecule has 0 unspecified atom stereocenters. The van der Waals surface area contributed by atoms with Crippen molar-refractivity contribution in [2.24, 2.45) is 11.8 Å². The van der Waals surface area contributed by atoms with E-state index < -0.39 is 0 Å². The van der Waals surface area contributed by atoms with Crippen molar-refractivity contribution in [3.8, 4) is 0 Å². The number of aryl methyl sites for hydroxylation is 1. The highest BCUT2D eigenvalue weighted by Gasteiger charge is 2.20. The summed E-state index contributed by atoms with van der Waals surface area (Å²) in [5.41, 5.74) is 2.67. The number of rotatable bonds is 12. The Morgan fingerprint density at radius 2 is 1.66 bits per heavy atom. The molecule has 0 aliphatic heterocycles. The molecule has 7 heteroatoms. The second-order valence-corrected chi connectivity index (χ2v) is 10.3. The quantitative estimate of drug-likeness (QED) is 0.354. The third kappa shape index (κ3) is 7.82. The third-order valence-electron chi connectivity index (χ3n) is 5.76. The fourth-order valence-electron chi connectivity index (χ4n) is 4.24. The van der Waals surface area contributed by atoms with Crippen molar-refractivity contribution in [1.29, 1.82) is 0 Å². The smallest absolute Gasteiger partial charge is 0.242 e. The lowest BCUT2D eigenvalue weighted by Crippen LogP contribution is -2.39. The standard InChI is InChI=1S/C28H37ClN4O2/c1-20(2)17-32(18-21(3)4)28(35)19-33-25-13-8-7-12-24(25)31-26(33)14-9-15-30-27(34)16-22-10-5-6-11-23(22)29/h5-8,10-13,20-21H,9,14-19H2,1-4H3,(H,30,34). The summed E-state index contributed by atoms with van der Waals surface area (Å²) >= 11 is 6.16. The van der Waals surface area contributed by atoms with Crippen molar-refractivity contribution in [2.75, 3.05) is 19.6 Å². The molecular weight excluding hydrogens is 460 g/mol. The number of hydrogen-bond donors (Lipinski definition) is 1. The van der Waals surface area contributed by atoms with Crippen LogP contribution in [0.25, 0.3) is 11.0 Å². The van der Waals surface area contributed by atoms with Crippen LogP contribution in [-0.4, -0.2) is 45.9 Å². The molecule has 0 radical (unpaired) electrons. The van der Waals surface area contributed by atoms with Crippen LogP contribution < -0.4 is 5.32 Å². The Balaban J connectivity index is 1.65. The largest absolute Gasteiger partial charge is 0.356 e. The van der Waals surface area contributed by atoms with Crippen molar-refractivity contribution in [3.05, 3.63) is 64.9 Å². The lowest BCUT2D eigenvalue weighted by molar-refractivity contribution is -0.132. The Morgan fingerprint density at radius 1 is 1.00 bits per heavy atom. The second-order valence-electron chi connectivity index (χ2n) is 9.91. The van der Waals surface area contributed by atoms with E-state index in [-0.39, 0.29) is 24.8 Å². The van der Waals surface area contributed by atoms with Crippen LogP contribution in [0.2, 0.25) is 5.02 Å². The number of benzene rings is 2. The molecule has 2 amide bonds. The maximum Gasteiger partial charge on any atom is 0.242 e. The van der Waals surface area contributed by atoms with Gasteiger partial charge in [0, 0.05) is 31.1 Å².